The summed E-state index contributed by atoms with van der Waals surface area (Å²) in [4.78, 5) is 22.5. The van der Waals surface area contributed by atoms with Gasteiger partial charge in [0.15, 0.2) is 0 Å². The fraction of sp³-hybridized carbons (Fsp3) is 0.867. The van der Waals surface area contributed by atoms with E-state index in [1.54, 1.807) is 0 Å². The van der Waals surface area contributed by atoms with Gasteiger partial charge in [-0.1, -0.05) is 26.7 Å². The summed E-state index contributed by atoms with van der Waals surface area (Å²) in [6.07, 6.45) is 2.58. The van der Waals surface area contributed by atoms with Gasteiger partial charge in [-0.25, -0.2) is 0 Å². The number of aliphatic carboxylic acids is 2. The molecule has 1 unspecified atom stereocenters. The average Bonchev–Trinajstić information content (AvgIpc) is 2.45. The summed E-state index contributed by atoms with van der Waals surface area (Å²) < 4.78 is 0. The first-order valence-corrected chi connectivity index (χ1v) is 8.43. The maximum Gasteiger partial charge on any atom is 0.451 e. The molecule has 0 saturated carbocycles. The molecule has 9 heteroatoms. The third-order valence-electron chi connectivity index (χ3n) is 3.96. The average molecular weight is 346 g/mol. The van der Waals surface area contributed by atoms with E-state index in [1.807, 2.05) is 13.8 Å². The van der Waals surface area contributed by atoms with Crippen molar-refractivity contribution in [2.24, 2.45) is 11.7 Å². The number of carbonyl (C=O) groups is 2. The zero-order chi connectivity index (χ0) is 18.8. The number of carboxylic acids is 2. The Balaban J connectivity index is 4.28. The molecule has 0 radical (unpaired) electrons. The summed E-state index contributed by atoms with van der Waals surface area (Å²) in [6, 6.07) is -0.645. The molecule has 0 aliphatic heterocycles. The van der Waals surface area contributed by atoms with Gasteiger partial charge < -0.3 is 31.3 Å². The topological polar surface area (TPSA) is 153 Å². The van der Waals surface area contributed by atoms with Crippen LogP contribution in [0.2, 0.25) is 6.32 Å². The van der Waals surface area contributed by atoms with Crippen LogP contribution in [0, 0.1) is 5.92 Å². The molecule has 0 rings (SSSR count). The molecule has 0 spiro atoms. The summed E-state index contributed by atoms with van der Waals surface area (Å²) in [5, 5.41) is 38.9. The van der Waals surface area contributed by atoms with Crippen molar-refractivity contribution >= 4 is 19.1 Å². The van der Waals surface area contributed by atoms with E-state index in [0.717, 1.165) is 0 Å². The third-order valence-corrected chi connectivity index (χ3v) is 3.96. The molecule has 0 bridgehead atoms. The van der Waals surface area contributed by atoms with Crippen molar-refractivity contribution in [3.8, 4) is 0 Å². The highest BCUT2D eigenvalue weighted by Gasteiger charge is 2.32. The molecule has 0 saturated heterocycles. The van der Waals surface area contributed by atoms with Crippen LogP contribution in [0.15, 0.2) is 0 Å². The van der Waals surface area contributed by atoms with E-state index < -0.39 is 30.6 Å². The van der Waals surface area contributed by atoms with Gasteiger partial charge >= 0.3 is 19.1 Å². The van der Waals surface area contributed by atoms with Crippen LogP contribution in [0.1, 0.15) is 52.4 Å². The first-order chi connectivity index (χ1) is 11.1. The summed E-state index contributed by atoms with van der Waals surface area (Å²) in [6.45, 7) is 4.26. The largest absolute Gasteiger partial charge is 0.480 e. The van der Waals surface area contributed by atoms with Gasteiger partial charge in [0.2, 0.25) is 0 Å². The predicted molar refractivity (Wildman–Crippen MR) is 91.5 cm³/mol. The van der Waals surface area contributed by atoms with Crippen LogP contribution in [0.5, 0.6) is 0 Å². The minimum Gasteiger partial charge on any atom is -0.480 e. The SMILES string of the molecule is CC(C)C[C@H](NCCCC(N)(CCCCB(O)O)C(=O)O)C(=O)O. The summed E-state index contributed by atoms with van der Waals surface area (Å²) in [5.41, 5.74) is 4.57. The van der Waals surface area contributed by atoms with Crippen molar-refractivity contribution in [1.29, 1.82) is 0 Å². The fourth-order valence-electron chi connectivity index (χ4n) is 2.53. The molecule has 0 aromatic rings. The Bertz CT molecular complexity index is 394. The molecule has 2 atom stereocenters. The Morgan fingerprint density at radius 3 is 2.17 bits per heavy atom. The Hall–Kier alpha value is -1.16. The van der Waals surface area contributed by atoms with E-state index in [1.165, 1.54) is 0 Å². The molecule has 0 heterocycles. The molecule has 0 aliphatic carbocycles. The van der Waals surface area contributed by atoms with Gasteiger partial charge in [-0.3, -0.25) is 9.59 Å². The molecule has 0 amide bonds. The second-order valence-electron chi connectivity index (χ2n) is 6.77. The first-order valence-electron chi connectivity index (χ1n) is 8.43. The van der Waals surface area contributed by atoms with Crippen LogP contribution in [-0.2, 0) is 9.59 Å². The van der Waals surface area contributed by atoms with Crippen molar-refractivity contribution in [3.63, 3.8) is 0 Å². The normalized spacial score (nSPS) is 15.1. The summed E-state index contributed by atoms with van der Waals surface area (Å²) in [7, 11) is -1.39. The number of rotatable bonds is 14. The lowest BCUT2D eigenvalue weighted by Crippen LogP contribution is -2.48. The molecular weight excluding hydrogens is 315 g/mol. The number of hydrogen-bond donors (Lipinski definition) is 6. The molecule has 0 aliphatic rings. The molecule has 0 fully saturated rings. The number of nitrogens with two attached hydrogens (primary N) is 1. The Morgan fingerprint density at radius 1 is 1.12 bits per heavy atom. The van der Waals surface area contributed by atoms with Gasteiger partial charge in [-0.15, -0.1) is 0 Å². The van der Waals surface area contributed by atoms with Gasteiger partial charge in [-0.2, -0.15) is 0 Å². The smallest absolute Gasteiger partial charge is 0.451 e. The van der Waals surface area contributed by atoms with Crippen molar-refractivity contribution in [2.75, 3.05) is 6.54 Å². The third kappa shape index (κ3) is 9.87. The Kier molecular flexibility index (Phi) is 10.9. The monoisotopic (exact) mass is 346 g/mol. The van der Waals surface area contributed by atoms with E-state index >= 15 is 0 Å². The van der Waals surface area contributed by atoms with Gasteiger partial charge in [0.1, 0.15) is 11.6 Å². The van der Waals surface area contributed by atoms with Crippen LogP contribution in [0.3, 0.4) is 0 Å². The lowest BCUT2D eigenvalue weighted by molar-refractivity contribution is -0.144. The maximum absolute atomic E-state index is 11.4. The molecular formula is C15H31BN2O6. The lowest BCUT2D eigenvalue weighted by atomic mass is 9.81. The van der Waals surface area contributed by atoms with Gasteiger partial charge in [0, 0.05) is 0 Å². The van der Waals surface area contributed by atoms with Crippen molar-refractivity contribution in [3.05, 3.63) is 0 Å². The molecule has 140 valence electrons. The Morgan fingerprint density at radius 2 is 1.71 bits per heavy atom. The summed E-state index contributed by atoms with van der Waals surface area (Å²) in [5.74, 6) is -1.76. The number of nitrogens with one attached hydrogen (secondary N) is 1. The molecule has 0 aromatic heterocycles. The van der Waals surface area contributed by atoms with Gasteiger partial charge in [0.25, 0.3) is 0 Å². The molecule has 24 heavy (non-hydrogen) atoms. The molecule has 8 nitrogen and oxygen atoms in total. The van der Waals surface area contributed by atoms with Crippen LogP contribution in [0.25, 0.3) is 0 Å². The first kappa shape index (κ1) is 22.8. The van der Waals surface area contributed by atoms with Gasteiger partial charge in [-0.05, 0) is 44.5 Å². The number of unbranched alkanes of at least 4 members (excludes halogenated alkanes) is 1. The van der Waals surface area contributed by atoms with E-state index in [4.69, 9.17) is 20.9 Å². The van der Waals surface area contributed by atoms with Crippen molar-refractivity contribution in [1.82, 2.24) is 5.32 Å². The fourth-order valence-corrected chi connectivity index (χ4v) is 2.53. The minimum absolute atomic E-state index is 0.187. The zero-order valence-electron chi connectivity index (χ0n) is 14.6. The molecule has 7 N–H and O–H groups in total. The maximum atomic E-state index is 11.4. The lowest BCUT2D eigenvalue weighted by Gasteiger charge is -2.25. The van der Waals surface area contributed by atoms with E-state index in [0.29, 0.717) is 32.2 Å². The number of hydrogen-bond acceptors (Lipinski definition) is 6. The van der Waals surface area contributed by atoms with Crippen molar-refractivity contribution < 1.29 is 29.9 Å². The quantitative estimate of drug-likeness (QED) is 0.194. The van der Waals surface area contributed by atoms with E-state index in [-0.39, 0.29) is 25.1 Å². The second-order valence-corrected chi connectivity index (χ2v) is 6.77. The van der Waals surface area contributed by atoms with Crippen LogP contribution >= 0.6 is 0 Å². The second kappa shape index (κ2) is 11.4. The van der Waals surface area contributed by atoms with Crippen molar-refractivity contribution in [2.45, 2.75) is 70.3 Å². The summed E-state index contributed by atoms with van der Waals surface area (Å²) >= 11 is 0. The molecule has 0 aromatic carbocycles. The van der Waals surface area contributed by atoms with E-state index in [9.17, 15) is 14.7 Å². The van der Waals surface area contributed by atoms with Crippen LogP contribution in [-0.4, -0.2) is 57.4 Å². The zero-order valence-corrected chi connectivity index (χ0v) is 14.6. The highest BCUT2D eigenvalue weighted by atomic mass is 16.4. The predicted octanol–water partition coefficient (Wildman–Crippen LogP) is 0.281. The highest BCUT2D eigenvalue weighted by Crippen LogP contribution is 2.19. The highest BCUT2D eigenvalue weighted by molar-refractivity contribution is 6.40. The minimum atomic E-state index is -1.39. The Labute approximate surface area is 143 Å². The van der Waals surface area contributed by atoms with E-state index in [2.05, 4.69) is 5.32 Å². The van der Waals surface area contributed by atoms with Crippen LogP contribution < -0.4 is 11.1 Å². The standard InChI is InChI=1S/C15H31BN2O6/c1-11(2)10-12(13(19)20)18-9-5-7-15(17,14(21)22)6-3-4-8-16(23)24/h11-12,18,23-24H,3-10,17H2,1-2H3,(H,19,20)(H,21,22)/t12-,15?/m0/s1. The van der Waals surface area contributed by atoms with Gasteiger partial charge in [0.05, 0.1) is 0 Å². The van der Waals surface area contributed by atoms with Crippen LogP contribution in [0.4, 0.5) is 0 Å². The number of carboxylic acid groups (broad SMARTS) is 2.